The lowest BCUT2D eigenvalue weighted by Gasteiger charge is -2.26. The molecule has 2 N–H and O–H groups in total. The van der Waals surface area contributed by atoms with Crippen molar-refractivity contribution in [3.05, 3.63) is 34.6 Å². The van der Waals surface area contributed by atoms with Crippen molar-refractivity contribution in [2.75, 3.05) is 6.54 Å². The van der Waals surface area contributed by atoms with Crippen molar-refractivity contribution in [3.63, 3.8) is 0 Å². The second-order valence-electron chi connectivity index (χ2n) is 4.44. The molecule has 9 heteroatoms. The van der Waals surface area contributed by atoms with Crippen LogP contribution in [0.3, 0.4) is 0 Å². The van der Waals surface area contributed by atoms with Crippen molar-refractivity contribution in [2.24, 2.45) is 5.73 Å². The molecule has 0 aliphatic heterocycles. The summed E-state index contributed by atoms with van der Waals surface area (Å²) in [5, 5.41) is 0. The van der Waals surface area contributed by atoms with Gasteiger partial charge in [-0.15, -0.1) is 0 Å². The van der Waals surface area contributed by atoms with Crippen LogP contribution in [0, 0.1) is 29.1 Å². The van der Waals surface area contributed by atoms with E-state index in [1.165, 1.54) is 13.8 Å². The van der Waals surface area contributed by atoms with Gasteiger partial charge in [0.2, 0.25) is 5.82 Å². The summed E-state index contributed by atoms with van der Waals surface area (Å²) in [5.41, 5.74) is 3.72. The first kappa shape index (κ1) is 17.3. The molecule has 0 spiro atoms. The number of amides is 1. The zero-order valence-electron chi connectivity index (χ0n) is 11.0. The fourth-order valence-electron chi connectivity index (χ4n) is 1.59. The van der Waals surface area contributed by atoms with Gasteiger partial charge in [-0.1, -0.05) is 12.2 Å². The van der Waals surface area contributed by atoms with Gasteiger partial charge < -0.3 is 10.6 Å². The predicted octanol–water partition coefficient (Wildman–Crippen LogP) is 2.52. The highest BCUT2D eigenvalue weighted by molar-refractivity contribution is 7.80. The molecule has 116 valence electrons. The molecule has 0 radical (unpaired) electrons. The van der Waals surface area contributed by atoms with Gasteiger partial charge in [-0.2, -0.15) is 0 Å². The highest BCUT2D eigenvalue weighted by Gasteiger charge is 2.33. The zero-order valence-corrected chi connectivity index (χ0v) is 11.8. The number of rotatable bonds is 4. The first-order chi connectivity index (χ1) is 9.59. The minimum absolute atomic E-state index is 0.166. The molecule has 0 saturated carbocycles. The molecule has 0 atom stereocenters. The van der Waals surface area contributed by atoms with Gasteiger partial charge in [0.25, 0.3) is 5.91 Å². The smallest absolute Gasteiger partial charge is 0.260 e. The topological polar surface area (TPSA) is 46.3 Å². The highest BCUT2D eigenvalue weighted by Crippen LogP contribution is 2.24. The zero-order chi connectivity index (χ0) is 16.5. The third-order valence-electron chi connectivity index (χ3n) is 2.63. The van der Waals surface area contributed by atoms with Crippen molar-refractivity contribution in [3.8, 4) is 0 Å². The lowest BCUT2D eigenvalue weighted by atomic mass is 10.1. The predicted molar refractivity (Wildman–Crippen MR) is 69.2 cm³/mol. The summed E-state index contributed by atoms with van der Waals surface area (Å²) in [6.45, 7) is 2.59. The van der Waals surface area contributed by atoms with Crippen LogP contribution in [0.1, 0.15) is 24.2 Å². The maximum atomic E-state index is 13.6. The molecule has 21 heavy (non-hydrogen) atoms. The van der Waals surface area contributed by atoms with E-state index >= 15 is 0 Å². The molecule has 0 bridgehead atoms. The van der Waals surface area contributed by atoms with E-state index in [1.807, 2.05) is 0 Å². The average molecular weight is 326 g/mol. The summed E-state index contributed by atoms with van der Waals surface area (Å²) in [6.07, 6.45) is 0. The number of nitrogens with two attached hydrogens (primary N) is 1. The summed E-state index contributed by atoms with van der Waals surface area (Å²) < 4.78 is 66.3. The monoisotopic (exact) mass is 326 g/mol. The molecule has 0 fully saturated rings. The summed E-state index contributed by atoms with van der Waals surface area (Å²) in [5.74, 6) is -12.5. The Morgan fingerprint density at radius 2 is 1.43 bits per heavy atom. The summed E-state index contributed by atoms with van der Waals surface area (Å²) in [6, 6.07) is -0.617. The molecule has 0 aromatic heterocycles. The van der Waals surface area contributed by atoms with Gasteiger partial charge >= 0.3 is 0 Å². The van der Waals surface area contributed by atoms with E-state index in [1.54, 1.807) is 0 Å². The molecule has 0 aliphatic rings. The van der Waals surface area contributed by atoms with E-state index < -0.39 is 46.6 Å². The number of thiocarbonyl (C=S) groups is 1. The molecule has 0 saturated heterocycles. The van der Waals surface area contributed by atoms with E-state index in [4.69, 9.17) is 5.73 Å². The van der Waals surface area contributed by atoms with Gasteiger partial charge in [0.15, 0.2) is 23.3 Å². The minimum atomic E-state index is -2.33. The standard InChI is InChI=1S/C12H11F5N2OS/c1-4(2)19(3-5(18)21)12(20)6-7(13)9(15)11(17)10(16)8(6)14/h4H,3H2,1-2H3,(H2,18,21). The second-order valence-corrected chi connectivity index (χ2v) is 4.96. The van der Waals surface area contributed by atoms with Gasteiger partial charge in [0.05, 0.1) is 11.5 Å². The van der Waals surface area contributed by atoms with Crippen molar-refractivity contribution in [1.82, 2.24) is 4.90 Å². The van der Waals surface area contributed by atoms with Gasteiger partial charge in [-0.3, -0.25) is 4.79 Å². The van der Waals surface area contributed by atoms with Crippen LogP contribution in [-0.4, -0.2) is 28.4 Å². The Bertz CT molecular complexity index is 577. The molecule has 0 heterocycles. The lowest BCUT2D eigenvalue weighted by Crippen LogP contribution is -2.43. The van der Waals surface area contributed by atoms with Crippen LogP contribution in [0.2, 0.25) is 0 Å². The SMILES string of the molecule is CC(C)N(CC(N)=S)C(=O)c1c(F)c(F)c(F)c(F)c1F. The van der Waals surface area contributed by atoms with Crippen LogP contribution in [0.5, 0.6) is 0 Å². The van der Waals surface area contributed by atoms with E-state index in [9.17, 15) is 26.7 Å². The fraction of sp³-hybridized carbons (Fsp3) is 0.333. The number of carbonyl (C=O) groups excluding carboxylic acids is 1. The van der Waals surface area contributed by atoms with Gasteiger partial charge in [-0.05, 0) is 13.8 Å². The summed E-state index contributed by atoms with van der Waals surface area (Å²) in [7, 11) is 0. The summed E-state index contributed by atoms with van der Waals surface area (Å²) >= 11 is 4.59. The molecule has 3 nitrogen and oxygen atoms in total. The maximum absolute atomic E-state index is 13.6. The number of hydrogen-bond donors (Lipinski definition) is 1. The molecule has 1 amide bonds. The van der Waals surface area contributed by atoms with Crippen LogP contribution in [0.15, 0.2) is 0 Å². The Labute approximate surface area is 122 Å². The Morgan fingerprint density at radius 3 is 1.76 bits per heavy atom. The number of benzene rings is 1. The van der Waals surface area contributed by atoms with Crippen molar-refractivity contribution in [1.29, 1.82) is 0 Å². The van der Waals surface area contributed by atoms with E-state index in [2.05, 4.69) is 12.2 Å². The van der Waals surface area contributed by atoms with Crippen molar-refractivity contribution < 1.29 is 26.7 Å². The van der Waals surface area contributed by atoms with Crippen LogP contribution in [-0.2, 0) is 0 Å². The Morgan fingerprint density at radius 1 is 1.05 bits per heavy atom. The van der Waals surface area contributed by atoms with Crippen LogP contribution < -0.4 is 5.73 Å². The first-order valence-electron chi connectivity index (χ1n) is 5.70. The quantitative estimate of drug-likeness (QED) is 0.400. The van der Waals surface area contributed by atoms with E-state index in [-0.39, 0.29) is 11.5 Å². The third-order valence-corrected chi connectivity index (χ3v) is 2.76. The van der Waals surface area contributed by atoms with Crippen LogP contribution in [0.4, 0.5) is 22.0 Å². The fourth-order valence-corrected chi connectivity index (χ4v) is 1.73. The van der Waals surface area contributed by atoms with Gasteiger partial charge in [-0.25, -0.2) is 22.0 Å². The minimum Gasteiger partial charge on any atom is -0.392 e. The number of hydrogen-bond acceptors (Lipinski definition) is 2. The normalized spacial score (nSPS) is 10.9. The molecular weight excluding hydrogens is 315 g/mol. The molecular formula is C12H11F5N2OS. The average Bonchev–Trinajstić information content (AvgIpc) is 2.39. The first-order valence-corrected chi connectivity index (χ1v) is 6.11. The lowest BCUT2D eigenvalue weighted by molar-refractivity contribution is 0.0722. The number of halogens is 5. The van der Waals surface area contributed by atoms with E-state index in [0.717, 1.165) is 4.90 Å². The number of carbonyl (C=O) groups is 1. The third kappa shape index (κ3) is 3.29. The Kier molecular flexibility index (Phi) is 5.21. The Balaban J connectivity index is 3.45. The van der Waals surface area contributed by atoms with Crippen molar-refractivity contribution >= 4 is 23.1 Å². The summed E-state index contributed by atoms with van der Waals surface area (Å²) in [4.78, 5) is 12.7. The van der Waals surface area contributed by atoms with E-state index in [0.29, 0.717) is 0 Å². The van der Waals surface area contributed by atoms with Crippen molar-refractivity contribution in [2.45, 2.75) is 19.9 Å². The number of nitrogens with zero attached hydrogens (tertiary/aromatic N) is 1. The largest absolute Gasteiger partial charge is 0.392 e. The van der Waals surface area contributed by atoms with Gasteiger partial charge in [0.1, 0.15) is 5.56 Å². The molecule has 1 aromatic carbocycles. The van der Waals surface area contributed by atoms with Crippen LogP contribution >= 0.6 is 12.2 Å². The van der Waals surface area contributed by atoms with Gasteiger partial charge in [0, 0.05) is 6.04 Å². The molecule has 1 aromatic rings. The molecule has 0 aliphatic carbocycles. The van der Waals surface area contributed by atoms with Crippen LogP contribution in [0.25, 0.3) is 0 Å². The molecule has 1 rings (SSSR count). The molecule has 0 unspecified atom stereocenters. The Hall–Kier alpha value is -1.77. The maximum Gasteiger partial charge on any atom is 0.260 e. The second kappa shape index (κ2) is 6.33. The highest BCUT2D eigenvalue weighted by atomic mass is 32.1.